The molecule has 2 aromatic rings. The van der Waals surface area contributed by atoms with Gasteiger partial charge in [0.2, 0.25) is 5.82 Å². The van der Waals surface area contributed by atoms with E-state index in [1.54, 1.807) is 18.2 Å². The largest absolute Gasteiger partial charge is 0.487 e. The van der Waals surface area contributed by atoms with Crippen LogP contribution in [0.1, 0.15) is 114 Å². The molecule has 1 aliphatic heterocycles. The molecule has 1 nitrogen and oxygen atoms in total. The van der Waals surface area contributed by atoms with Crippen LogP contribution >= 0.6 is 0 Å². The van der Waals surface area contributed by atoms with E-state index < -0.39 is 11.6 Å². The van der Waals surface area contributed by atoms with Crippen molar-refractivity contribution in [1.82, 2.24) is 0 Å². The third kappa shape index (κ3) is 6.04. The Labute approximate surface area is 221 Å². The summed E-state index contributed by atoms with van der Waals surface area (Å²) in [5.74, 6) is 0.432. The van der Waals surface area contributed by atoms with Crippen molar-refractivity contribution < 1.29 is 17.9 Å². The summed E-state index contributed by atoms with van der Waals surface area (Å²) in [6.07, 6.45) is 15.3. The van der Waals surface area contributed by atoms with E-state index in [-0.39, 0.29) is 29.2 Å². The lowest BCUT2D eigenvalue weighted by molar-refractivity contribution is 0.138. The highest BCUT2D eigenvalue weighted by atomic mass is 19.2. The van der Waals surface area contributed by atoms with Gasteiger partial charge in [-0.3, -0.25) is 0 Å². The van der Waals surface area contributed by atoms with Crippen LogP contribution in [0.2, 0.25) is 0 Å². The molecule has 2 aromatic carbocycles. The molecule has 37 heavy (non-hydrogen) atoms. The standard InChI is InChI=1S/C33H43F3O/c1-3-4-22-9-12-24(13-10-22)28-18-15-25(20-30(28)34)29-19-26-14-17-27(37-33(26)32(36)31(29)35)16-11-23-7-5-21(2)6-8-23/h15,18-24,27H,3-14,16-17H2,1-2H3. The smallest absolute Gasteiger partial charge is 0.201 e. The molecular formula is C33H43F3O. The predicted molar refractivity (Wildman–Crippen MR) is 144 cm³/mol. The van der Waals surface area contributed by atoms with Gasteiger partial charge >= 0.3 is 0 Å². The molecule has 2 fully saturated rings. The van der Waals surface area contributed by atoms with Gasteiger partial charge in [-0.2, -0.15) is 4.39 Å². The zero-order valence-electron chi connectivity index (χ0n) is 22.6. The predicted octanol–water partition coefficient (Wildman–Crippen LogP) is 10.1. The number of aryl methyl sites for hydroxylation is 1. The number of benzene rings is 2. The molecule has 0 aromatic heterocycles. The molecule has 0 amide bonds. The Morgan fingerprint density at radius 1 is 0.784 bits per heavy atom. The Morgan fingerprint density at radius 3 is 2.19 bits per heavy atom. The highest BCUT2D eigenvalue weighted by Gasteiger charge is 2.29. The minimum Gasteiger partial charge on any atom is -0.487 e. The molecule has 3 aliphatic rings. The van der Waals surface area contributed by atoms with Crippen LogP contribution in [-0.4, -0.2) is 6.10 Å². The Hall–Kier alpha value is -1.97. The molecule has 1 heterocycles. The van der Waals surface area contributed by atoms with Crippen molar-refractivity contribution in [2.45, 2.75) is 116 Å². The molecule has 2 aliphatic carbocycles. The van der Waals surface area contributed by atoms with Crippen LogP contribution in [0.5, 0.6) is 5.75 Å². The average Bonchev–Trinajstić information content (AvgIpc) is 2.91. The van der Waals surface area contributed by atoms with Gasteiger partial charge < -0.3 is 4.74 Å². The van der Waals surface area contributed by atoms with Crippen LogP contribution in [-0.2, 0) is 6.42 Å². The summed E-state index contributed by atoms with van der Waals surface area (Å²) < 4.78 is 51.7. The van der Waals surface area contributed by atoms with E-state index >= 15 is 13.2 Å². The first-order valence-corrected chi connectivity index (χ1v) is 14.9. The second-order valence-electron chi connectivity index (χ2n) is 12.3. The van der Waals surface area contributed by atoms with Gasteiger partial charge in [0, 0.05) is 5.56 Å². The lowest BCUT2D eigenvalue weighted by atomic mass is 9.77. The van der Waals surface area contributed by atoms with Crippen molar-refractivity contribution in [2.75, 3.05) is 0 Å². The lowest BCUT2D eigenvalue weighted by Crippen LogP contribution is -2.25. The van der Waals surface area contributed by atoms with Gasteiger partial charge in [0.15, 0.2) is 11.6 Å². The normalized spacial score (nSPS) is 28.0. The van der Waals surface area contributed by atoms with Crippen molar-refractivity contribution >= 4 is 0 Å². The number of hydrogen-bond acceptors (Lipinski definition) is 1. The zero-order valence-corrected chi connectivity index (χ0v) is 22.6. The summed E-state index contributed by atoms with van der Waals surface area (Å²) in [6, 6.07) is 6.63. The highest BCUT2D eigenvalue weighted by molar-refractivity contribution is 5.68. The Balaban J connectivity index is 1.26. The van der Waals surface area contributed by atoms with E-state index in [1.807, 2.05) is 0 Å². The molecule has 1 unspecified atom stereocenters. The fraction of sp³-hybridized carbons (Fsp3) is 0.636. The number of ether oxygens (including phenoxy) is 1. The van der Waals surface area contributed by atoms with Crippen LogP contribution in [0.4, 0.5) is 13.2 Å². The third-order valence-corrected chi connectivity index (χ3v) is 9.59. The van der Waals surface area contributed by atoms with Gasteiger partial charge in [-0.15, -0.1) is 0 Å². The topological polar surface area (TPSA) is 9.23 Å². The molecule has 2 saturated carbocycles. The molecule has 0 saturated heterocycles. The number of rotatable bonds is 7. The first-order valence-electron chi connectivity index (χ1n) is 14.9. The maximum atomic E-state index is 15.2. The minimum atomic E-state index is -0.937. The Kier molecular flexibility index (Phi) is 8.51. The second-order valence-corrected chi connectivity index (χ2v) is 12.3. The van der Waals surface area contributed by atoms with Gasteiger partial charge in [-0.05, 0) is 104 Å². The van der Waals surface area contributed by atoms with E-state index in [2.05, 4.69) is 13.8 Å². The zero-order chi connectivity index (χ0) is 25.9. The number of hydrogen-bond donors (Lipinski definition) is 0. The van der Waals surface area contributed by atoms with Crippen molar-refractivity contribution in [2.24, 2.45) is 17.8 Å². The van der Waals surface area contributed by atoms with Gasteiger partial charge in [-0.1, -0.05) is 64.5 Å². The summed E-state index contributed by atoms with van der Waals surface area (Å²) in [5.41, 5.74) is 1.94. The van der Waals surface area contributed by atoms with Gasteiger partial charge in [0.05, 0.1) is 6.10 Å². The third-order valence-electron chi connectivity index (χ3n) is 9.59. The minimum absolute atomic E-state index is 0.0595. The van der Waals surface area contributed by atoms with Gasteiger partial charge in [0.1, 0.15) is 5.82 Å². The van der Waals surface area contributed by atoms with E-state index in [4.69, 9.17) is 4.74 Å². The highest BCUT2D eigenvalue weighted by Crippen LogP contribution is 2.42. The summed E-state index contributed by atoms with van der Waals surface area (Å²) in [7, 11) is 0. The van der Waals surface area contributed by atoms with Crippen LogP contribution in [0.3, 0.4) is 0 Å². The summed E-state index contributed by atoms with van der Waals surface area (Å²) >= 11 is 0. The van der Waals surface area contributed by atoms with Crippen LogP contribution < -0.4 is 4.74 Å². The fourth-order valence-electron chi connectivity index (χ4n) is 7.17. The SMILES string of the molecule is CCCC1CCC(c2ccc(-c3cc4c(c(F)c3F)OC(CCC3CCC(C)CC3)CC4)cc2F)CC1. The number of halogens is 3. The average molecular weight is 513 g/mol. The molecule has 5 rings (SSSR count). The monoisotopic (exact) mass is 512 g/mol. The molecule has 0 spiro atoms. The Morgan fingerprint density at radius 2 is 1.49 bits per heavy atom. The maximum absolute atomic E-state index is 15.2. The van der Waals surface area contributed by atoms with Crippen molar-refractivity contribution in [3.05, 3.63) is 52.8 Å². The summed E-state index contributed by atoms with van der Waals surface area (Å²) in [6.45, 7) is 4.54. The van der Waals surface area contributed by atoms with E-state index in [1.165, 1.54) is 44.6 Å². The summed E-state index contributed by atoms with van der Waals surface area (Å²) in [5, 5.41) is 0. The first kappa shape index (κ1) is 26.6. The molecule has 0 N–H and O–H groups in total. The molecule has 0 bridgehead atoms. The summed E-state index contributed by atoms with van der Waals surface area (Å²) in [4.78, 5) is 0. The lowest BCUT2D eigenvalue weighted by Gasteiger charge is -2.30. The second kappa shape index (κ2) is 11.8. The number of fused-ring (bicyclic) bond motifs is 1. The molecule has 4 heteroatoms. The molecular weight excluding hydrogens is 469 g/mol. The van der Waals surface area contributed by atoms with Gasteiger partial charge in [-0.25, -0.2) is 8.78 Å². The molecule has 1 atom stereocenters. The van der Waals surface area contributed by atoms with E-state index in [0.717, 1.165) is 68.3 Å². The maximum Gasteiger partial charge on any atom is 0.201 e. The quantitative estimate of drug-likeness (QED) is 0.359. The first-order chi connectivity index (χ1) is 17.9. The molecule has 202 valence electrons. The van der Waals surface area contributed by atoms with Crippen LogP contribution in [0, 0.1) is 35.2 Å². The van der Waals surface area contributed by atoms with E-state index in [0.29, 0.717) is 17.5 Å². The fourth-order valence-corrected chi connectivity index (χ4v) is 7.17. The van der Waals surface area contributed by atoms with Crippen LogP contribution in [0.15, 0.2) is 24.3 Å². The van der Waals surface area contributed by atoms with Gasteiger partial charge in [0.25, 0.3) is 0 Å². The molecule has 0 radical (unpaired) electrons. The van der Waals surface area contributed by atoms with Crippen molar-refractivity contribution in [3.8, 4) is 16.9 Å². The van der Waals surface area contributed by atoms with Crippen LogP contribution in [0.25, 0.3) is 11.1 Å². The van der Waals surface area contributed by atoms with Crippen molar-refractivity contribution in [1.29, 1.82) is 0 Å². The van der Waals surface area contributed by atoms with E-state index in [9.17, 15) is 0 Å². The van der Waals surface area contributed by atoms with Crippen molar-refractivity contribution in [3.63, 3.8) is 0 Å². The Bertz CT molecular complexity index is 1060.